The van der Waals surface area contributed by atoms with E-state index in [-0.39, 0.29) is 5.69 Å². The molecule has 2 rings (SSSR count). The van der Waals surface area contributed by atoms with Crippen molar-refractivity contribution in [1.29, 1.82) is 0 Å². The maximum atomic E-state index is 10.1. The van der Waals surface area contributed by atoms with E-state index in [1.807, 2.05) is 18.2 Å². The Kier molecular flexibility index (Phi) is 5.40. The average molecular weight is 392 g/mol. The summed E-state index contributed by atoms with van der Waals surface area (Å²) in [4.78, 5) is 13.7. The van der Waals surface area contributed by atoms with Gasteiger partial charge in [-0.1, -0.05) is 6.07 Å². The van der Waals surface area contributed by atoms with Gasteiger partial charge in [0.15, 0.2) is 0 Å². The fourth-order valence-corrected chi connectivity index (χ4v) is 1.36. The van der Waals surface area contributed by atoms with Crippen LogP contribution in [-0.4, -0.2) is 16.1 Å². The third-order valence-corrected chi connectivity index (χ3v) is 2.40. The van der Waals surface area contributed by atoms with Crippen LogP contribution < -0.4 is 4.08 Å². The molecule has 1 heterocycles. The fraction of sp³-hybridized carbons (Fsp3) is 0. The van der Waals surface area contributed by atoms with Gasteiger partial charge in [0.05, 0.1) is 0 Å². The second-order valence-electron chi connectivity index (χ2n) is 2.79. The molecule has 0 saturated carbocycles. The molecule has 0 radical (unpaired) electrons. The number of benzene rings is 1. The van der Waals surface area contributed by atoms with Crippen LogP contribution in [0.25, 0.3) is 0 Å². The first-order chi connectivity index (χ1) is 7.70. The number of carboxylic acid groups (broad SMARTS) is 1. The molecule has 3 nitrogen and oxygen atoms in total. The monoisotopic (exact) mass is 393 g/mol. The van der Waals surface area contributed by atoms with Gasteiger partial charge in [0, 0.05) is 6.20 Å². The summed E-state index contributed by atoms with van der Waals surface area (Å²) in [5.74, 6) is -0.990. The van der Waals surface area contributed by atoms with Crippen LogP contribution in [0.1, 0.15) is 10.5 Å². The van der Waals surface area contributed by atoms with Crippen LogP contribution in [0.3, 0.4) is 0 Å². The van der Waals surface area contributed by atoms with Gasteiger partial charge in [0.1, 0.15) is 5.69 Å². The minimum atomic E-state index is -0.990. The van der Waals surface area contributed by atoms with Crippen LogP contribution in [0.15, 0.2) is 54.7 Å². The number of hydrogen-bond acceptors (Lipinski definition) is 2. The zero-order valence-corrected chi connectivity index (χ0v) is 10.7. The van der Waals surface area contributed by atoms with E-state index in [4.69, 9.17) is 5.11 Å². The Morgan fingerprint density at radius 2 is 1.69 bits per heavy atom. The van der Waals surface area contributed by atoms with Gasteiger partial charge in [-0.25, -0.2) is 9.78 Å². The molecule has 1 N–H and O–H groups in total. The summed E-state index contributed by atoms with van der Waals surface area (Å²) in [7, 11) is 0. The molecule has 0 aliphatic heterocycles. The normalized spacial score (nSPS) is 8.88. The van der Waals surface area contributed by atoms with Gasteiger partial charge in [-0.2, -0.15) is 0 Å². The van der Waals surface area contributed by atoms with E-state index in [1.54, 1.807) is 12.1 Å². The molecule has 0 spiro atoms. The number of pyridine rings is 1. The van der Waals surface area contributed by atoms with Gasteiger partial charge in [-0.05, 0) is 12.1 Å². The third kappa shape index (κ3) is 4.82. The molecule has 0 fully saturated rings. The van der Waals surface area contributed by atoms with Gasteiger partial charge in [-0.3, -0.25) is 0 Å². The molecule has 2 aromatic rings. The van der Waals surface area contributed by atoms with E-state index in [9.17, 15) is 4.79 Å². The quantitative estimate of drug-likeness (QED) is 0.803. The number of aromatic carboxylic acids is 1. The molecule has 0 amide bonds. The molecule has 4 heteroatoms. The van der Waals surface area contributed by atoms with Crippen molar-refractivity contribution in [3.63, 3.8) is 0 Å². The zero-order valence-electron chi connectivity index (χ0n) is 8.33. The summed E-state index contributed by atoms with van der Waals surface area (Å²) in [6.45, 7) is 0. The van der Waals surface area contributed by atoms with E-state index < -0.39 is 5.97 Å². The van der Waals surface area contributed by atoms with Crippen LogP contribution in [-0.2, 0) is 18.9 Å². The van der Waals surface area contributed by atoms with Crippen molar-refractivity contribution in [1.82, 2.24) is 4.98 Å². The summed E-state index contributed by atoms with van der Waals surface area (Å²) in [5.41, 5.74) is 0.0810. The van der Waals surface area contributed by atoms with E-state index in [0.29, 0.717) is 0 Å². The molecule has 0 saturated heterocycles. The van der Waals surface area contributed by atoms with E-state index in [2.05, 4.69) is 36.0 Å². The number of carbonyl (C=O) groups is 1. The SMILES string of the molecule is O=C(O)c1ccccn1.[Ir][c]1ccccc1. The number of nitrogens with zero attached hydrogens (tertiary/aromatic N) is 1. The number of aromatic nitrogens is 1. The van der Waals surface area contributed by atoms with Crippen molar-refractivity contribution in [3.8, 4) is 0 Å². The zero-order chi connectivity index (χ0) is 11.8. The molecular weight excluding hydrogens is 382 g/mol. The van der Waals surface area contributed by atoms with Crippen molar-refractivity contribution in [2.75, 3.05) is 0 Å². The Morgan fingerprint density at radius 1 is 1.06 bits per heavy atom. The summed E-state index contributed by atoms with van der Waals surface area (Å²) in [6, 6.07) is 15.0. The molecule has 16 heavy (non-hydrogen) atoms. The average Bonchev–Trinajstić information content (AvgIpc) is 2.32. The van der Waals surface area contributed by atoms with Crippen LogP contribution in [0.2, 0.25) is 0 Å². The molecule has 0 bridgehead atoms. The molecule has 0 aliphatic carbocycles. The molecule has 0 aliphatic rings. The van der Waals surface area contributed by atoms with Gasteiger partial charge in [0.2, 0.25) is 0 Å². The number of carboxylic acids is 1. The second kappa shape index (κ2) is 6.88. The van der Waals surface area contributed by atoms with Crippen molar-refractivity contribution in [2.24, 2.45) is 0 Å². The van der Waals surface area contributed by atoms with Crippen LogP contribution in [0.4, 0.5) is 0 Å². The first-order valence-electron chi connectivity index (χ1n) is 4.53. The summed E-state index contributed by atoms with van der Waals surface area (Å²) >= 11 is 2.08. The van der Waals surface area contributed by atoms with Crippen LogP contribution in [0.5, 0.6) is 0 Å². The summed E-state index contributed by atoms with van der Waals surface area (Å²) in [5, 5.41) is 8.32. The Hall–Kier alpha value is -1.51. The predicted octanol–water partition coefficient (Wildman–Crippen LogP) is 1.64. The fourth-order valence-electron chi connectivity index (χ4n) is 0.895. The van der Waals surface area contributed by atoms with Gasteiger partial charge in [0.25, 0.3) is 0 Å². The molecule has 0 unspecified atom stereocenters. The Bertz CT molecular complexity index is 431. The van der Waals surface area contributed by atoms with Gasteiger partial charge < -0.3 is 5.11 Å². The number of rotatable bonds is 1. The second-order valence-corrected chi connectivity index (χ2v) is 4.17. The molecule has 84 valence electrons. The topological polar surface area (TPSA) is 50.2 Å². The summed E-state index contributed by atoms with van der Waals surface area (Å²) < 4.78 is 1.32. The molecule has 1 aromatic heterocycles. The standard InChI is InChI=1S/C6H5NO2.C6H5.Ir/c8-6(9)5-3-1-2-4-7-5;1-2-4-6-5-3-1;/h1-4H,(H,8,9);1-5H;. The Labute approximate surface area is 104 Å². The van der Waals surface area contributed by atoms with Crippen LogP contribution in [0, 0.1) is 0 Å². The van der Waals surface area contributed by atoms with Crippen LogP contribution >= 0.6 is 0 Å². The Balaban J connectivity index is 0.000000165. The third-order valence-electron chi connectivity index (χ3n) is 1.60. The number of hydrogen-bond donors (Lipinski definition) is 1. The maximum absolute atomic E-state index is 10.1. The molecule has 1 aromatic carbocycles. The molecule has 0 atom stereocenters. The van der Waals surface area contributed by atoms with Crippen molar-refractivity contribution < 1.29 is 28.8 Å². The Morgan fingerprint density at radius 3 is 2.00 bits per heavy atom. The first kappa shape index (κ1) is 12.6. The minimum absolute atomic E-state index is 0.0810. The first-order valence-corrected chi connectivity index (χ1v) is 5.72. The van der Waals surface area contributed by atoms with Crippen molar-refractivity contribution >= 4 is 10.0 Å². The van der Waals surface area contributed by atoms with Crippen molar-refractivity contribution in [2.45, 2.75) is 0 Å². The van der Waals surface area contributed by atoms with E-state index in [0.717, 1.165) is 0 Å². The van der Waals surface area contributed by atoms with E-state index in [1.165, 1.54) is 16.3 Å². The van der Waals surface area contributed by atoms with Crippen molar-refractivity contribution in [3.05, 3.63) is 60.4 Å². The van der Waals surface area contributed by atoms with Gasteiger partial charge >= 0.3 is 59.3 Å². The van der Waals surface area contributed by atoms with E-state index >= 15 is 0 Å². The predicted molar refractivity (Wildman–Crippen MR) is 57.3 cm³/mol. The molecular formula is C12H10IrNO2. The summed E-state index contributed by atoms with van der Waals surface area (Å²) in [6.07, 6.45) is 1.45. The van der Waals surface area contributed by atoms with Gasteiger partial charge in [-0.15, -0.1) is 0 Å².